The molecule has 0 saturated carbocycles. The van der Waals surface area contributed by atoms with Gasteiger partial charge in [0.25, 0.3) is 10.0 Å². The number of benzene rings is 1. The summed E-state index contributed by atoms with van der Waals surface area (Å²) in [6, 6.07) is 1.50. The van der Waals surface area contributed by atoms with E-state index in [4.69, 9.17) is 4.74 Å². The second-order valence-corrected chi connectivity index (χ2v) is 8.79. The molecule has 0 unspecified atom stereocenters. The molecule has 8 nitrogen and oxygen atoms in total. The number of rotatable bonds is 3. The molecule has 0 fully saturated rings. The maximum Gasteiger partial charge on any atom is 0.333 e. The van der Waals surface area contributed by atoms with E-state index in [2.05, 4.69) is 21.1 Å². The molecule has 3 aliphatic rings. The molecule has 5 rings (SSSR count). The minimum Gasteiger partial charge on any atom is -0.475 e. The topological polar surface area (TPSA) is 102 Å². The van der Waals surface area contributed by atoms with Crippen LogP contribution in [0.3, 0.4) is 0 Å². The number of carbonyl (C=O) groups excluding carboxylic acids is 1. The number of carbonyl (C=O) groups is 1. The maximum atomic E-state index is 12.6. The third-order valence-electron chi connectivity index (χ3n) is 5.52. The fourth-order valence-corrected chi connectivity index (χ4v) is 5.34. The fourth-order valence-electron chi connectivity index (χ4n) is 4.36. The predicted octanol–water partition coefficient (Wildman–Crippen LogP) is 1.76. The molecule has 9 heteroatoms. The highest BCUT2D eigenvalue weighted by atomic mass is 32.2. The number of fused-ring (bicyclic) bond motifs is 3. The van der Waals surface area contributed by atoms with Crippen LogP contribution in [0, 0.1) is 0 Å². The number of urea groups is 1. The van der Waals surface area contributed by atoms with Gasteiger partial charge < -0.3 is 10.1 Å². The zero-order chi connectivity index (χ0) is 18.6. The second-order valence-electron chi connectivity index (χ2n) is 7.19. The Kier molecular flexibility index (Phi) is 3.68. The van der Waals surface area contributed by atoms with Crippen LogP contribution in [0.1, 0.15) is 35.1 Å². The van der Waals surface area contributed by atoms with Gasteiger partial charge in [-0.3, -0.25) is 4.57 Å². The van der Waals surface area contributed by atoms with Crippen LogP contribution in [0.5, 0.6) is 5.88 Å². The Morgan fingerprint density at radius 2 is 1.81 bits per heavy atom. The third-order valence-corrected chi connectivity index (χ3v) is 6.77. The molecule has 27 heavy (non-hydrogen) atoms. The zero-order valence-electron chi connectivity index (χ0n) is 14.7. The molecule has 1 aliphatic heterocycles. The van der Waals surface area contributed by atoms with Gasteiger partial charge in [-0.1, -0.05) is 6.07 Å². The van der Waals surface area contributed by atoms with E-state index < -0.39 is 16.1 Å². The summed E-state index contributed by atoms with van der Waals surface area (Å²) in [5, 5.41) is 2.57. The standard InChI is InChI=1S/C18H20N4O4S/c23-18(21-27(24,25)16-17-22(10-19-16)7-8-26-17)20-15-13-5-1-3-11(13)9-12-4-2-6-14(12)15/h9-10H,1-8H2,(H2,20,21,23). The number of anilines is 1. The number of imidazole rings is 1. The summed E-state index contributed by atoms with van der Waals surface area (Å²) in [5.74, 6) is 0.178. The summed E-state index contributed by atoms with van der Waals surface area (Å²) in [5.41, 5.74) is 5.64. The average molecular weight is 388 g/mol. The Balaban J connectivity index is 1.42. The summed E-state index contributed by atoms with van der Waals surface area (Å²) in [6.07, 6.45) is 7.37. The molecule has 1 aromatic heterocycles. The van der Waals surface area contributed by atoms with Crippen molar-refractivity contribution in [2.45, 2.75) is 50.1 Å². The first-order valence-electron chi connectivity index (χ1n) is 9.21. The number of hydrogen-bond donors (Lipinski definition) is 2. The van der Waals surface area contributed by atoms with Crippen LogP contribution >= 0.6 is 0 Å². The molecule has 0 saturated heterocycles. The van der Waals surface area contributed by atoms with Crippen LogP contribution < -0.4 is 14.8 Å². The summed E-state index contributed by atoms with van der Waals surface area (Å²) in [6.45, 7) is 0.946. The van der Waals surface area contributed by atoms with E-state index >= 15 is 0 Å². The van der Waals surface area contributed by atoms with E-state index in [-0.39, 0.29) is 10.9 Å². The summed E-state index contributed by atoms with van der Waals surface area (Å²) in [7, 11) is -4.11. The molecule has 0 atom stereocenters. The largest absolute Gasteiger partial charge is 0.475 e. The van der Waals surface area contributed by atoms with Crippen molar-refractivity contribution >= 4 is 21.7 Å². The van der Waals surface area contributed by atoms with Crippen molar-refractivity contribution in [3.8, 4) is 5.88 Å². The van der Waals surface area contributed by atoms with Crippen molar-refractivity contribution in [1.29, 1.82) is 0 Å². The highest BCUT2D eigenvalue weighted by molar-refractivity contribution is 7.90. The fraction of sp³-hybridized carbons (Fsp3) is 0.444. The van der Waals surface area contributed by atoms with Gasteiger partial charge in [-0.25, -0.2) is 14.5 Å². The van der Waals surface area contributed by atoms with Gasteiger partial charge in [-0.05, 0) is 60.8 Å². The van der Waals surface area contributed by atoms with Crippen LogP contribution in [-0.4, -0.2) is 30.6 Å². The predicted molar refractivity (Wildman–Crippen MR) is 97.6 cm³/mol. The SMILES string of the molecule is O=C(Nc1c2c(cc3c1CCC3)CCC2)NS(=O)(=O)c1ncn2c1OCC2. The third kappa shape index (κ3) is 2.68. The molecule has 2 aromatic rings. The number of nitrogens with one attached hydrogen (secondary N) is 2. The Hall–Kier alpha value is -2.55. The molecule has 2 aliphatic carbocycles. The minimum atomic E-state index is -4.11. The van der Waals surface area contributed by atoms with Crippen LogP contribution in [0.4, 0.5) is 10.5 Å². The minimum absolute atomic E-state index is 0.178. The van der Waals surface area contributed by atoms with Gasteiger partial charge >= 0.3 is 6.03 Å². The first-order valence-corrected chi connectivity index (χ1v) is 10.7. The van der Waals surface area contributed by atoms with E-state index in [0.29, 0.717) is 13.2 Å². The van der Waals surface area contributed by atoms with Gasteiger partial charge in [-0.15, -0.1) is 0 Å². The Labute approximate surface area is 157 Å². The van der Waals surface area contributed by atoms with Crippen LogP contribution in [-0.2, 0) is 42.3 Å². The maximum absolute atomic E-state index is 12.6. The van der Waals surface area contributed by atoms with Gasteiger partial charge in [-0.2, -0.15) is 8.42 Å². The lowest BCUT2D eigenvalue weighted by Crippen LogP contribution is -2.35. The van der Waals surface area contributed by atoms with Crippen LogP contribution in [0.2, 0.25) is 0 Å². The van der Waals surface area contributed by atoms with Gasteiger partial charge in [0.15, 0.2) is 0 Å². The number of sulfonamides is 1. The van der Waals surface area contributed by atoms with Gasteiger partial charge in [0.1, 0.15) is 6.61 Å². The molecule has 2 N–H and O–H groups in total. The summed E-state index contributed by atoms with van der Waals surface area (Å²) >= 11 is 0. The van der Waals surface area contributed by atoms with E-state index in [9.17, 15) is 13.2 Å². The first-order chi connectivity index (χ1) is 13.0. The summed E-state index contributed by atoms with van der Waals surface area (Å²) < 4.78 is 34.2. The monoisotopic (exact) mass is 388 g/mol. The molecular formula is C18H20N4O4S. The highest BCUT2D eigenvalue weighted by Crippen LogP contribution is 2.38. The average Bonchev–Trinajstić information content (AvgIpc) is 3.37. The molecule has 0 bridgehead atoms. The van der Waals surface area contributed by atoms with E-state index in [1.54, 1.807) is 4.57 Å². The first kappa shape index (κ1) is 16.6. The van der Waals surface area contributed by atoms with Gasteiger partial charge in [0.05, 0.1) is 12.9 Å². The molecule has 142 valence electrons. The number of amides is 2. The number of hydrogen-bond acceptors (Lipinski definition) is 5. The van der Waals surface area contributed by atoms with Gasteiger partial charge in [0, 0.05) is 5.69 Å². The van der Waals surface area contributed by atoms with Crippen molar-refractivity contribution in [2.24, 2.45) is 0 Å². The lowest BCUT2D eigenvalue weighted by Gasteiger charge is -2.16. The van der Waals surface area contributed by atoms with E-state index in [1.807, 2.05) is 0 Å². The lowest BCUT2D eigenvalue weighted by atomic mass is 9.99. The van der Waals surface area contributed by atoms with Crippen molar-refractivity contribution in [1.82, 2.24) is 14.3 Å². The normalized spacial score (nSPS) is 17.2. The van der Waals surface area contributed by atoms with Crippen LogP contribution in [0.15, 0.2) is 17.4 Å². The lowest BCUT2D eigenvalue weighted by molar-refractivity contribution is 0.256. The highest BCUT2D eigenvalue weighted by Gasteiger charge is 2.31. The smallest absolute Gasteiger partial charge is 0.333 e. The Bertz CT molecular complexity index is 1030. The number of aromatic nitrogens is 2. The van der Waals surface area contributed by atoms with E-state index in [1.165, 1.54) is 17.5 Å². The van der Waals surface area contributed by atoms with Crippen molar-refractivity contribution < 1.29 is 17.9 Å². The molecule has 1 aromatic carbocycles. The number of ether oxygens (including phenoxy) is 1. The summed E-state index contributed by atoms with van der Waals surface area (Å²) in [4.78, 5) is 16.4. The molecule has 2 heterocycles. The van der Waals surface area contributed by atoms with Gasteiger partial charge in [0.2, 0.25) is 10.9 Å². The second kappa shape index (κ2) is 5.98. The molecule has 0 spiro atoms. The molecular weight excluding hydrogens is 368 g/mol. The molecule has 2 amide bonds. The Morgan fingerprint density at radius 1 is 1.11 bits per heavy atom. The van der Waals surface area contributed by atoms with E-state index in [0.717, 1.165) is 55.3 Å². The van der Waals surface area contributed by atoms with Crippen molar-refractivity contribution in [3.63, 3.8) is 0 Å². The Morgan fingerprint density at radius 3 is 2.52 bits per heavy atom. The number of nitrogens with zero attached hydrogens (tertiary/aromatic N) is 2. The number of aryl methyl sites for hydroxylation is 2. The zero-order valence-corrected chi connectivity index (χ0v) is 15.6. The molecule has 0 radical (unpaired) electrons. The van der Waals surface area contributed by atoms with Crippen molar-refractivity contribution in [3.05, 3.63) is 34.6 Å². The van der Waals surface area contributed by atoms with Crippen molar-refractivity contribution in [2.75, 3.05) is 11.9 Å². The van der Waals surface area contributed by atoms with Crippen LogP contribution in [0.25, 0.3) is 0 Å². The quantitative estimate of drug-likeness (QED) is 0.834.